The Morgan fingerprint density at radius 2 is 1.52 bits per heavy atom. The number of methoxy groups -OCH3 is 1. The third kappa shape index (κ3) is 8.53. The SMILES string of the molecule is COC(=O)[C@@H](NC(=O)N1C(=O)[C@@]2(c3cc(C#CCN(C)Cc4ccccc4)ccc31)[C@H](C(N)=O)[C@H]1C(=O)O[C@H](c3ccccc3)[C@H](c3ccccc3)N1[C@@H]2c1ccccc1OCCO)C(C)C. The van der Waals surface area contributed by atoms with Crippen molar-refractivity contribution in [3.63, 3.8) is 0 Å². The van der Waals surface area contributed by atoms with E-state index in [1.807, 2.05) is 103 Å². The number of carbonyl (C=O) groups is 5. The second-order valence-electron chi connectivity index (χ2n) is 17.3. The van der Waals surface area contributed by atoms with Crippen LogP contribution in [0.1, 0.15) is 65.4 Å². The topological polar surface area (TPSA) is 181 Å². The Morgan fingerprint density at radius 3 is 2.16 bits per heavy atom. The van der Waals surface area contributed by atoms with Gasteiger partial charge in [-0.3, -0.25) is 24.2 Å². The molecule has 2 saturated heterocycles. The van der Waals surface area contributed by atoms with Gasteiger partial charge >= 0.3 is 18.0 Å². The zero-order chi connectivity index (χ0) is 47.4. The van der Waals surface area contributed by atoms with E-state index in [2.05, 4.69) is 22.1 Å². The molecule has 2 fully saturated rings. The average Bonchev–Trinajstić information content (AvgIpc) is 3.79. The Labute approximate surface area is 389 Å². The van der Waals surface area contributed by atoms with Crippen molar-refractivity contribution >= 4 is 35.5 Å². The van der Waals surface area contributed by atoms with Crippen molar-refractivity contribution in [1.29, 1.82) is 0 Å². The fourth-order valence-corrected chi connectivity index (χ4v) is 10.0. The van der Waals surface area contributed by atoms with Gasteiger partial charge in [0.25, 0.3) is 0 Å². The van der Waals surface area contributed by atoms with Crippen molar-refractivity contribution in [2.45, 2.75) is 56.1 Å². The van der Waals surface area contributed by atoms with Gasteiger partial charge in [0.15, 0.2) is 0 Å². The molecule has 0 bridgehead atoms. The number of aliphatic hydroxyl groups is 1. The van der Waals surface area contributed by atoms with Crippen molar-refractivity contribution in [3.8, 4) is 17.6 Å². The smallest absolute Gasteiger partial charge is 0.329 e. The minimum Gasteiger partial charge on any atom is -0.491 e. The van der Waals surface area contributed by atoms with Crippen LogP contribution >= 0.6 is 0 Å². The summed E-state index contributed by atoms with van der Waals surface area (Å²) in [5.74, 6) is 1.21. The summed E-state index contributed by atoms with van der Waals surface area (Å²) in [7, 11) is 3.15. The van der Waals surface area contributed by atoms with Crippen molar-refractivity contribution in [3.05, 3.63) is 167 Å². The van der Waals surface area contributed by atoms with Gasteiger partial charge in [-0.25, -0.2) is 14.5 Å². The van der Waals surface area contributed by atoms with Crippen LogP contribution in [-0.4, -0.2) is 90.7 Å². The number of esters is 2. The lowest BCUT2D eigenvalue weighted by Crippen LogP contribution is -2.57. The Kier molecular flexibility index (Phi) is 13.6. The molecule has 5 aromatic rings. The summed E-state index contributed by atoms with van der Waals surface area (Å²) in [5.41, 5.74) is 7.98. The zero-order valence-corrected chi connectivity index (χ0v) is 37.7. The highest BCUT2D eigenvalue weighted by molar-refractivity contribution is 6.25. The molecule has 344 valence electrons. The number of para-hydroxylation sites is 1. The minimum atomic E-state index is -2.15. The van der Waals surface area contributed by atoms with Crippen LogP contribution in [0.15, 0.2) is 133 Å². The Hall–Kier alpha value is -7.31. The highest BCUT2D eigenvalue weighted by Gasteiger charge is 2.75. The number of nitrogens with two attached hydrogens (primary N) is 1. The summed E-state index contributed by atoms with van der Waals surface area (Å²) in [5, 5.41) is 12.7. The van der Waals surface area contributed by atoms with Crippen LogP contribution in [0.4, 0.5) is 10.5 Å². The average molecular weight is 904 g/mol. The van der Waals surface area contributed by atoms with Gasteiger partial charge in [-0.1, -0.05) is 135 Å². The first-order valence-electron chi connectivity index (χ1n) is 22.2. The fraction of sp³-hybridized carbons (Fsp3) is 0.302. The molecular weight excluding hydrogens is 851 g/mol. The highest BCUT2D eigenvalue weighted by atomic mass is 16.6. The van der Waals surface area contributed by atoms with Crippen LogP contribution in [0.5, 0.6) is 5.75 Å². The third-order valence-corrected chi connectivity index (χ3v) is 12.8. The van der Waals surface area contributed by atoms with Crippen molar-refractivity contribution in [2.75, 3.05) is 38.8 Å². The maximum Gasteiger partial charge on any atom is 0.329 e. The number of rotatable bonds is 13. The molecule has 14 nitrogen and oxygen atoms in total. The summed E-state index contributed by atoms with van der Waals surface area (Å²) in [6, 6.07) is 34.6. The first-order valence-corrected chi connectivity index (χ1v) is 22.2. The predicted molar refractivity (Wildman–Crippen MR) is 249 cm³/mol. The molecule has 0 aliphatic carbocycles. The Bertz CT molecular complexity index is 2710. The number of imide groups is 1. The van der Waals surface area contributed by atoms with Crippen molar-refractivity contribution in [1.82, 2.24) is 15.1 Å². The lowest BCUT2D eigenvalue weighted by Gasteiger charge is -2.46. The van der Waals surface area contributed by atoms with Crippen LogP contribution < -0.4 is 20.7 Å². The largest absolute Gasteiger partial charge is 0.491 e. The number of morpholine rings is 1. The second-order valence-corrected chi connectivity index (χ2v) is 17.3. The minimum absolute atomic E-state index is 0.0933. The van der Waals surface area contributed by atoms with Crippen molar-refractivity contribution in [2.24, 2.45) is 17.6 Å². The number of aliphatic hydroxyl groups excluding tert-OH is 1. The van der Waals surface area contributed by atoms with Gasteiger partial charge in [0.1, 0.15) is 36.0 Å². The molecule has 3 aliphatic heterocycles. The maximum atomic E-state index is 16.3. The number of anilines is 1. The zero-order valence-electron chi connectivity index (χ0n) is 37.7. The molecular formula is C53H53N5O9. The predicted octanol–water partition coefficient (Wildman–Crippen LogP) is 5.60. The van der Waals surface area contributed by atoms with Crippen LogP contribution in [0.25, 0.3) is 0 Å². The monoisotopic (exact) mass is 903 g/mol. The number of nitrogens with zero attached hydrogens (tertiary/aromatic N) is 3. The lowest BCUT2D eigenvalue weighted by atomic mass is 9.65. The molecule has 67 heavy (non-hydrogen) atoms. The van der Waals surface area contributed by atoms with Crippen LogP contribution in [0, 0.1) is 23.7 Å². The molecule has 4 N–H and O–H groups in total. The summed E-state index contributed by atoms with van der Waals surface area (Å²) >= 11 is 0. The standard InChI is InChI=1S/C53H53N5O9/c1-33(2)43(49(61)65-4)55-52(64)57-40-27-26-34(19-16-28-56(3)32-35-17-8-5-9-18-35)31-39(40)53(51(57)63)42(48(54)60)45-50(62)67-46(37-22-12-7-13-23-37)44(36-20-10-6-11-21-36)58(45)47(53)38-24-14-15-25-41(38)66-30-29-59/h5-15,17-18,20-27,31,33,42-47,59H,28-30,32H2,1-4H3,(H2,54,60)(H,55,64)/t42-,43-,44-,45-,46+,47+,53-/m0/s1. The van der Waals surface area contributed by atoms with Crippen molar-refractivity contribution < 1.29 is 43.3 Å². The van der Waals surface area contributed by atoms with Crippen LogP contribution in [0.3, 0.4) is 0 Å². The number of cyclic esters (lactones) is 1. The van der Waals surface area contributed by atoms with E-state index in [4.69, 9.17) is 19.9 Å². The second kappa shape index (κ2) is 19.7. The van der Waals surface area contributed by atoms with E-state index in [9.17, 15) is 19.5 Å². The molecule has 14 heteroatoms. The summed E-state index contributed by atoms with van der Waals surface area (Å²) in [4.78, 5) is 78.8. The number of benzene rings is 5. The quantitative estimate of drug-likeness (QED) is 0.0989. The van der Waals surface area contributed by atoms with E-state index in [1.165, 1.54) is 7.11 Å². The van der Waals surface area contributed by atoms with Gasteiger partial charge in [0.05, 0.1) is 44.0 Å². The molecule has 0 radical (unpaired) electrons. The van der Waals surface area contributed by atoms with E-state index in [-0.39, 0.29) is 30.2 Å². The molecule has 0 unspecified atom stereocenters. The fourth-order valence-electron chi connectivity index (χ4n) is 10.0. The normalized spacial score (nSPS) is 22.4. The number of amides is 4. The van der Waals surface area contributed by atoms with E-state index in [0.29, 0.717) is 35.3 Å². The summed E-state index contributed by atoms with van der Waals surface area (Å²) in [6.07, 6.45) is -0.962. The Balaban J connectivity index is 1.40. The van der Waals surface area contributed by atoms with Gasteiger partial charge < -0.3 is 30.4 Å². The van der Waals surface area contributed by atoms with E-state index >= 15 is 9.59 Å². The molecule has 0 aromatic heterocycles. The summed E-state index contributed by atoms with van der Waals surface area (Å²) in [6.45, 7) is 3.99. The van der Waals surface area contributed by atoms with Crippen LogP contribution in [0.2, 0.25) is 0 Å². The molecule has 3 aliphatic rings. The molecule has 4 amide bonds. The van der Waals surface area contributed by atoms with Gasteiger partial charge in [-0.15, -0.1) is 0 Å². The molecule has 7 atom stereocenters. The maximum absolute atomic E-state index is 16.3. The van der Waals surface area contributed by atoms with E-state index in [1.54, 1.807) is 56.3 Å². The number of carbonyl (C=O) groups excluding carboxylic acids is 5. The number of ether oxygens (including phenoxy) is 3. The van der Waals surface area contributed by atoms with E-state index in [0.717, 1.165) is 10.5 Å². The number of hydrogen-bond acceptors (Lipinski definition) is 11. The summed E-state index contributed by atoms with van der Waals surface area (Å²) < 4.78 is 17.7. The number of primary amides is 1. The van der Waals surface area contributed by atoms with E-state index < -0.39 is 77.3 Å². The van der Waals surface area contributed by atoms with Gasteiger partial charge in [-0.2, -0.15) is 0 Å². The molecule has 1 spiro atoms. The Morgan fingerprint density at radius 1 is 0.881 bits per heavy atom. The van der Waals surface area contributed by atoms with Gasteiger partial charge in [0, 0.05) is 17.7 Å². The number of nitrogens with one attached hydrogen (secondary N) is 1. The first-order chi connectivity index (χ1) is 32.4. The number of fused-ring (bicyclic) bond motifs is 3. The number of urea groups is 1. The first kappa shape index (κ1) is 46.2. The third-order valence-electron chi connectivity index (χ3n) is 12.8. The molecule has 3 heterocycles. The molecule has 5 aromatic carbocycles. The highest BCUT2D eigenvalue weighted by Crippen LogP contribution is 2.66. The number of hydrogen-bond donors (Lipinski definition) is 3. The lowest BCUT2D eigenvalue weighted by molar-refractivity contribution is -0.178. The molecule has 0 saturated carbocycles. The van der Waals surface area contributed by atoms with Crippen LogP contribution in [-0.2, 0) is 40.6 Å². The van der Waals surface area contributed by atoms with Gasteiger partial charge in [-0.05, 0) is 59.5 Å². The van der Waals surface area contributed by atoms with Gasteiger partial charge in [0.2, 0.25) is 11.8 Å². The molecule has 8 rings (SSSR count).